The number of amides is 1. The maximum absolute atomic E-state index is 12.3. The summed E-state index contributed by atoms with van der Waals surface area (Å²) in [6.45, 7) is 0.763. The van der Waals surface area contributed by atoms with Crippen LogP contribution in [0.2, 0.25) is 0 Å². The lowest BCUT2D eigenvalue weighted by atomic mass is 10.2. The van der Waals surface area contributed by atoms with Crippen molar-refractivity contribution >= 4 is 27.8 Å². The molecule has 0 aliphatic heterocycles. The van der Waals surface area contributed by atoms with Gasteiger partial charge in [0.15, 0.2) is 5.43 Å². The van der Waals surface area contributed by atoms with Crippen molar-refractivity contribution in [2.45, 2.75) is 19.4 Å². The van der Waals surface area contributed by atoms with E-state index < -0.39 is 0 Å². The fraction of sp³-hybridized carbons (Fsp3) is 0.190. The van der Waals surface area contributed by atoms with Gasteiger partial charge >= 0.3 is 0 Å². The van der Waals surface area contributed by atoms with Crippen LogP contribution in [0.4, 0.5) is 0 Å². The molecular formula is C21H20N4O2. The molecule has 2 aromatic carbocycles. The number of nitrogens with zero attached hydrogens (tertiary/aromatic N) is 2. The standard InChI is InChI=1S/C21H20N4O2/c26-19-11-13-25(18-9-4-1-6-15(18)19)14-21(27)22-12-5-10-20-23-16-7-2-3-8-17(16)24-20/h1-4,6-9,11,13H,5,10,12,14H2,(H,22,27)(H,23,24). The molecule has 2 aromatic heterocycles. The smallest absolute Gasteiger partial charge is 0.239 e. The number of para-hydroxylation sites is 3. The molecule has 2 heterocycles. The highest BCUT2D eigenvalue weighted by Crippen LogP contribution is 2.11. The van der Waals surface area contributed by atoms with E-state index in [9.17, 15) is 9.59 Å². The number of nitrogens with one attached hydrogen (secondary N) is 2. The van der Waals surface area contributed by atoms with Crippen molar-refractivity contribution < 1.29 is 4.79 Å². The lowest BCUT2D eigenvalue weighted by molar-refractivity contribution is -0.121. The molecule has 27 heavy (non-hydrogen) atoms. The Balaban J connectivity index is 1.32. The van der Waals surface area contributed by atoms with Crippen molar-refractivity contribution in [3.63, 3.8) is 0 Å². The third kappa shape index (κ3) is 3.74. The molecule has 0 saturated carbocycles. The number of fused-ring (bicyclic) bond motifs is 2. The van der Waals surface area contributed by atoms with E-state index in [1.54, 1.807) is 16.8 Å². The maximum Gasteiger partial charge on any atom is 0.239 e. The van der Waals surface area contributed by atoms with Gasteiger partial charge in [0, 0.05) is 30.6 Å². The fourth-order valence-corrected chi connectivity index (χ4v) is 3.22. The number of imidazole rings is 1. The number of H-pyrrole nitrogens is 1. The molecule has 4 aromatic rings. The van der Waals surface area contributed by atoms with Crippen LogP contribution in [-0.4, -0.2) is 27.0 Å². The van der Waals surface area contributed by atoms with Crippen LogP contribution in [0.5, 0.6) is 0 Å². The van der Waals surface area contributed by atoms with Gasteiger partial charge in [-0.15, -0.1) is 0 Å². The first-order valence-corrected chi connectivity index (χ1v) is 8.99. The summed E-state index contributed by atoms with van der Waals surface area (Å²) in [5, 5.41) is 3.56. The van der Waals surface area contributed by atoms with Gasteiger partial charge in [-0.25, -0.2) is 4.98 Å². The van der Waals surface area contributed by atoms with E-state index in [0.29, 0.717) is 11.9 Å². The van der Waals surface area contributed by atoms with Crippen LogP contribution in [0, 0.1) is 0 Å². The maximum atomic E-state index is 12.3. The monoisotopic (exact) mass is 360 g/mol. The van der Waals surface area contributed by atoms with Crippen molar-refractivity contribution in [1.82, 2.24) is 19.9 Å². The zero-order valence-electron chi connectivity index (χ0n) is 14.8. The van der Waals surface area contributed by atoms with Crippen LogP contribution in [0.15, 0.2) is 65.6 Å². The number of carbonyl (C=O) groups excluding carboxylic acids is 1. The minimum atomic E-state index is -0.0755. The van der Waals surface area contributed by atoms with Crippen molar-refractivity contribution in [2.24, 2.45) is 0 Å². The summed E-state index contributed by atoms with van der Waals surface area (Å²) in [4.78, 5) is 32.0. The van der Waals surface area contributed by atoms with Crippen LogP contribution in [-0.2, 0) is 17.8 Å². The Morgan fingerprint density at radius 2 is 1.89 bits per heavy atom. The van der Waals surface area contributed by atoms with Crippen molar-refractivity contribution in [3.05, 3.63) is 76.8 Å². The molecule has 136 valence electrons. The predicted molar refractivity (Wildman–Crippen MR) is 106 cm³/mol. The SMILES string of the molecule is O=C(Cn1ccc(=O)c2ccccc21)NCCCc1nc2ccccc2[nH]1. The van der Waals surface area contributed by atoms with E-state index in [-0.39, 0.29) is 17.9 Å². The summed E-state index contributed by atoms with van der Waals surface area (Å²) in [7, 11) is 0. The van der Waals surface area contributed by atoms with Gasteiger partial charge in [0.05, 0.1) is 16.6 Å². The average Bonchev–Trinajstić information content (AvgIpc) is 3.11. The second kappa shape index (κ2) is 7.45. The van der Waals surface area contributed by atoms with Crippen LogP contribution in [0.1, 0.15) is 12.2 Å². The summed E-state index contributed by atoms with van der Waals surface area (Å²) in [6.07, 6.45) is 3.24. The Bertz CT molecular complexity index is 1130. The second-order valence-electron chi connectivity index (χ2n) is 6.48. The highest BCUT2D eigenvalue weighted by molar-refractivity contribution is 5.82. The molecular weight excluding hydrogens is 340 g/mol. The molecule has 1 amide bonds. The van der Waals surface area contributed by atoms with Crippen LogP contribution < -0.4 is 10.7 Å². The molecule has 6 nitrogen and oxygen atoms in total. The third-order valence-corrected chi connectivity index (χ3v) is 4.55. The Labute approximate surface area is 155 Å². The fourth-order valence-electron chi connectivity index (χ4n) is 3.22. The Morgan fingerprint density at radius 3 is 2.78 bits per heavy atom. The Kier molecular flexibility index (Phi) is 4.70. The van der Waals surface area contributed by atoms with Crippen LogP contribution in [0.25, 0.3) is 21.9 Å². The molecule has 0 spiro atoms. The molecule has 0 saturated heterocycles. The minimum absolute atomic E-state index is 0.0342. The highest BCUT2D eigenvalue weighted by Gasteiger charge is 2.07. The number of hydrogen-bond acceptors (Lipinski definition) is 3. The Hall–Kier alpha value is -3.41. The van der Waals surface area contributed by atoms with E-state index in [1.165, 1.54) is 6.07 Å². The molecule has 0 atom stereocenters. The number of carbonyl (C=O) groups is 1. The third-order valence-electron chi connectivity index (χ3n) is 4.55. The highest BCUT2D eigenvalue weighted by atomic mass is 16.2. The van der Waals surface area contributed by atoms with E-state index in [1.807, 2.05) is 42.5 Å². The zero-order valence-corrected chi connectivity index (χ0v) is 14.8. The van der Waals surface area contributed by atoms with Gasteiger partial charge in [-0.05, 0) is 30.7 Å². The molecule has 6 heteroatoms. The van der Waals surface area contributed by atoms with Gasteiger partial charge in [0.25, 0.3) is 0 Å². The number of aromatic nitrogens is 3. The summed E-state index contributed by atoms with van der Waals surface area (Å²) >= 11 is 0. The van der Waals surface area contributed by atoms with Crippen molar-refractivity contribution in [3.8, 4) is 0 Å². The van der Waals surface area contributed by atoms with Crippen LogP contribution >= 0.6 is 0 Å². The van der Waals surface area contributed by atoms with Gasteiger partial charge in [-0.3, -0.25) is 9.59 Å². The number of aromatic amines is 1. The molecule has 0 aliphatic rings. The lowest BCUT2D eigenvalue weighted by Crippen LogP contribution is -2.29. The first-order chi connectivity index (χ1) is 13.2. The van der Waals surface area contributed by atoms with Gasteiger partial charge in [0.2, 0.25) is 5.91 Å². The van der Waals surface area contributed by atoms with Crippen LogP contribution in [0.3, 0.4) is 0 Å². The van der Waals surface area contributed by atoms with E-state index in [4.69, 9.17) is 0 Å². The zero-order chi connectivity index (χ0) is 18.6. The molecule has 4 rings (SSSR count). The van der Waals surface area contributed by atoms with Crippen molar-refractivity contribution in [2.75, 3.05) is 6.54 Å². The number of benzene rings is 2. The summed E-state index contributed by atoms with van der Waals surface area (Å²) in [5.74, 6) is 0.852. The summed E-state index contributed by atoms with van der Waals surface area (Å²) < 4.78 is 1.80. The lowest BCUT2D eigenvalue weighted by Gasteiger charge is -2.10. The van der Waals surface area contributed by atoms with E-state index in [2.05, 4.69) is 15.3 Å². The molecule has 0 bridgehead atoms. The minimum Gasteiger partial charge on any atom is -0.355 e. The van der Waals surface area contributed by atoms with Crippen molar-refractivity contribution in [1.29, 1.82) is 0 Å². The Morgan fingerprint density at radius 1 is 1.07 bits per heavy atom. The van der Waals surface area contributed by atoms with Gasteiger partial charge in [-0.1, -0.05) is 24.3 Å². The molecule has 0 radical (unpaired) electrons. The number of hydrogen-bond donors (Lipinski definition) is 2. The molecule has 0 unspecified atom stereocenters. The first-order valence-electron chi connectivity index (χ1n) is 8.99. The van der Waals surface area contributed by atoms with E-state index >= 15 is 0 Å². The van der Waals surface area contributed by atoms with Gasteiger partial charge in [-0.2, -0.15) is 0 Å². The second-order valence-corrected chi connectivity index (χ2v) is 6.48. The molecule has 2 N–H and O–H groups in total. The number of pyridine rings is 1. The first kappa shape index (κ1) is 17.0. The molecule has 0 aliphatic carbocycles. The van der Waals surface area contributed by atoms with Gasteiger partial charge in [0.1, 0.15) is 12.4 Å². The largest absolute Gasteiger partial charge is 0.355 e. The topological polar surface area (TPSA) is 79.8 Å². The van der Waals surface area contributed by atoms with E-state index in [0.717, 1.165) is 35.2 Å². The number of rotatable bonds is 6. The predicted octanol–water partition coefficient (Wildman–Crippen LogP) is 2.63. The number of aryl methyl sites for hydroxylation is 1. The molecule has 0 fully saturated rings. The average molecular weight is 360 g/mol. The normalized spacial score (nSPS) is 11.1. The van der Waals surface area contributed by atoms with Gasteiger partial charge < -0.3 is 14.9 Å². The quantitative estimate of drug-likeness (QED) is 0.519. The summed E-state index contributed by atoms with van der Waals surface area (Å²) in [5.41, 5.74) is 2.72. The summed E-state index contributed by atoms with van der Waals surface area (Å²) in [6, 6.07) is 16.7.